The van der Waals surface area contributed by atoms with E-state index in [0.717, 1.165) is 0 Å². The maximum atomic E-state index is 2.37. The van der Waals surface area contributed by atoms with E-state index < -0.39 is 0 Å². The van der Waals surface area contributed by atoms with Gasteiger partial charge in [0.15, 0.2) is 0 Å². The first-order chi connectivity index (χ1) is 12.5. The summed E-state index contributed by atoms with van der Waals surface area (Å²) in [6, 6.07) is 0. The molecular formula is C22H22FeS4+2. The molecule has 27 heavy (non-hydrogen) atoms. The monoisotopic (exact) mass is 470 g/mol. The molecule has 0 spiro atoms. The Labute approximate surface area is 194 Å². The average molecular weight is 471 g/mol. The van der Waals surface area contributed by atoms with Crippen molar-refractivity contribution in [2.45, 2.75) is 27.7 Å². The number of thioether (sulfide) groups is 4. The summed E-state index contributed by atoms with van der Waals surface area (Å²) in [5, 5.41) is 0. The second-order valence-corrected chi connectivity index (χ2v) is 11.4. The fraction of sp³-hybridized carbons (Fsp3) is 0.182. The molecule has 0 aromatic rings. The predicted molar refractivity (Wildman–Crippen MR) is 124 cm³/mol. The van der Waals surface area contributed by atoms with Gasteiger partial charge in [-0.05, 0) is 117 Å². The van der Waals surface area contributed by atoms with Crippen LogP contribution in [0.2, 0.25) is 0 Å². The molecule has 5 heteroatoms. The first kappa shape index (κ1) is 24.2. The molecule has 0 atom stereocenters. The third-order valence-electron chi connectivity index (χ3n) is 4.00. The molecule has 0 nitrogen and oxygen atoms in total. The quantitative estimate of drug-likeness (QED) is 0.376. The largest absolute Gasteiger partial charge is 2.00 e. The van der Waals surface area contributed by atoms with Crippen molar-refractivity contribution in [1.82, 2.24) is 0 Å². The van der Waals surface area contributed by atoms with Crippen molar-refractivity contribution in [3.63, 3.8) is 0 Å². The van der Waals surface area contributed by atoms with E-state index in [1.165, 1.54) is 39.6 Å². The van der Waals surface area contributed by atoms with Gasteiger partial charge in [-0.25, -0.2) is 0 Å². The Bertz CT molecular complexity index is 608. The molecule has 140 valence electrons. The minimum Gasteiger partial charge on any atom is -0.0867 e. The summed E-state index contributed by atoms with van der Waals surface area (Å²) in [6.07, 6.45) is 21.0. The van der Waals surface area contributed by atoms with E-state index in [0.29, 0.717) is 0 Å². The average Bonchev–Trinajstić information content (AvgIpc) is 3.39. The van der Waals surface area contributed by atoms with E-state index in [-0.39, 0.29) is 17.1 Å². The molecule has 0 N–H and O–H groups in total. The molecule has 0 aromatic carbocycles. The summed E-state index contributed by atoms with van der Waals surface area (Å²) in [5.74, 6) is 1.32. The molecule has 10 radical (unpaired) electrons. The van der Waals surface area contributed by atoms with Gasteiger partial charge in [0, 0.05) is 10.2 Å². The Morgan fingerprint density at radius 2 is 1.04 bits per heavy atom. The van der Waals surface area contributed by atoms with E-state index >= 15 is 0 Å². The molecule has 2 saturated carbocycles. The number of rotatable bonds is 2. The maximum Gasteiger partial charge on any atom is 2.00 e. The van der Waals surface area contributed by atoms with Gasteiger partial charge in [-0.2, -0.15) is 0 Å². The summed E-state index contributed by atoms with van der Waals surface area (Å²) in [5.41, 5.74) is 1.36. The molecule has 0 bridgehead atoms. The van der Waals surface area contributed by atoms with Crippen LogP contribution < -0.4 is 0 Å². The van der Waals surface area contributed by atoms with Crippen molar-refractivity contribution in [1.29, 1.82) is 0 Å². The molecule has 2 aliphatic carbocycles. The molecule has 4 rings (SSSR count). The van der Waals surface area contributed by atoms with Crippen molar-refractivity contribution in [2.24, 2.45) is 0 Å². The van der Waals surface area contributed by atoms with E-state index in [1.807, 2.05) is 79.2 Å². The summed E-state index contributed by atoms with van der Waals surface area (Å²) >= 11 is 7.61. The fourth-order valence-electron chi connectivity index (χ4n) is 2.33. The third kappa shape index (κ3) is 6.96. The van der Waals surface area contributed by atoms with Crippen LogP contribution in [0.1, 0.15) is 27.7 Å². The first-order valence-electron chi connectivity index (χ1n) is 8.45. The Balaban J connectivity index is 0.000000379. The molecule has 2 fully saturated rings. The van der Waals surface area contributed by atoms with Gasteiger partial charge in [0.2, 0.25) is 0 Å². The van der Waals surface area contributed by atoms with Crippen LogP contribution in [0.3, 0.4) is 0 Å². The van der Waals surface area contributed by atoms with Gasteiger partial charge in [-0.15, -0.1) is 0 Å². The third-order valence-corrected chi connectivity index (χ3v) is 9.16. The van der Waals surface area contributed by atoms with E-state index in [9.17, 15) is 0 Å². The molecule has 0 unspecified atom stereocenters. The first-order valence-corrected chi connectivity index (χ1v) is 11.7. The second-order valence-electron chi connectivity index (χ2n) is 5.93. The van der Waals surface area contributed by atoms with Crippen LogP contribution in [0.15, 0.2) is 39.7 Å². The standard InChI is InChI=1S/C17H17S4.C5H5.Fe/c1-10-11(2)19-16(18-10)9-15(14-7-5-6-8-14)17-20-12(3)13(4)21-17;1-2-4-5-3-1;/h5-9H,1-4H3;1-5H;/q;;+2. The molecule has 0 amide bonds. The minimum atomic E-state index is 0. The Hall–Kier alpha value is 0.879. The molecule has 0 aromatic heterocycles. The van der Waals surface area contributed by atoms with Crippen LogP contribution in [-0.4, -0.2) is 0 Å². The van der Waals surface area contributed by atoms with Gasteiger partial charge in [0.05, 0.1) is 4.24 Å². The van der Waals surface area contributed by atoms with E-state index in [4.69, 9.17) is 0 Å². The van der Waals surface area contributed by atoms with Crippen LogP contribution in [0.5, 0.6) is 0 Å². The van der Waals surface area contributed by atoms with E-state index in [2.05, 4.69) is 59.5 Å². The van der Waals surface area contributed by atoms with Crippen LogP contribution in [0.4, 0.5) is 0 Å². The summed E-state index contributed by atoms with van der Waals surface area (Å²) in [6.45, 7) is 8.84. The Kier molecular flexibility index (Phi) is 10.7. The summed E-state index contributed by atoms with van der Waals surface area (Å²) in [7, 11) is 0. The van der Waals surface area contributed by atoms with Gasteiger partial charge >= 0.3 is 17.1 Å². The second kappa shape index (κ2) is 11.9. The molecule has 4 aliphatic rings. The summed E-state index contributed by atoms with van der Waals surface area (Å²) in [4.78, 5) is 5.70. The van der Waals surface area contributed by atoms with Crippen LogP contribution in [0, 0.1) is 63.7 Å². The molecule has 2 heterocycles. The normalized spacial score (nSPS) is 23.0. The van der Waals surface area contributed by atoms with Gasteiger partial charge in [0.25, 0.3) is 0 Å². The zero-order valence-electron chi connectivity index (χ0n) is 15.8. The zero-order chi connectivity index (χ0) is 18.5. The maximum absolute atomic E-state index is 2.37. The van der Waals surface area contributed by atoms with Crippen LogP contribution in [-0.2, 0) is 17.1 Å². The molecular weight excluding hydrogens is 448 g/mol. The van der Waals surface area contributed by atoms with Crippen molar-refractivity contribution in [3.05, 3.63) is 103 Å². The summed E-state index contributed by atoms with van der Waals surface area (Å²) < 4.78 is 2.80. The number of hydrogen-bond acceptors (Lipinski definition) is 4. The minimum absolute atomic E-state index is 0. The van der Waals surface area contributed by atoms with Crippen LogP contribution >= 0.6 is 47.0 Å². The topological polar surface area (TPSA) is 0 Å². The van der Waals surface area contributed by atoms with Gasteiger partial charge in [-0.3, -0.25) is 0 Å². The fourth-order valence-corrected chi connectivity index (χ4v) is 7.33. The number of hydrogen-bond donors (Lipinski definition) is 0. The van der Waals surface area contributed by atoms with Gasteiger partial charge in [0.1, 0.15) is 0 Å². The van der Waals surface area contributed by atoms with Crippen molar-refractivity contribution >= 4 is 47.0 Å². The molecule has 0 saturated heterocycles. The van der Waals surface area contributed by atoms with Crippen LogP contribution in [0.25, 0.3) is 0 Å². The van der Waals surface area contributed by atoms with Crippen molar-refractivity contribution < 1.29 is 17.1 Å². The zero-order valence-corrected chi connectivity index (χ0v) is 20.1. The molecule has 2 aliphatic heterocycles. The Morgan fingerprint density at radius 1 is 0.630 bits per heavy atom. The van der Waals surface area contributed by atoms with Crippen molar-refractivity contribution in [2.75, 3.05) is 0 Å². The van der Waals surface area contributed by atoms with Crippen molar-refractivity contribution in [3.8, 4) is 0 Å². The number of allylic oxidation sites excluding steroid dienone is 6. The van der Waals surface area contributed by atoms with Gasteiger partial charge in [-0.1, -0.05) is 47.0 Å². The SMILES string of the molecule is CC1=C(C)SC(=CC([C]2[CH][CH][CH][CH]2)=C2SC(C)=C(C)S2)S1.[CH]1[CH][CH][CH][CH]1.[Fe+2]. The predicted octanol–water partition coefficient (Wildman–Crippen LogP) is 7.93. The smallest absolute Gasteiger partial charge is 0.0867 e. The van der Waals surface area contributed by atoms with E-state index in [1.54, 1.807) is 0 Å². The Morgan fingerprint density at radius 3 is 1.48 bits per heavy atom. The van der Waals surface area contributed by atoms with Gasteiger partial charge < -0.3 is 0 Å².